The predicted molar refractivity (Wildman–Crippen MR) is 76.2 cm³/mol. The Morgan fingerprint density at radius 3 is 2.83 bits per heavy atom. The Labute approximate surface area is 115 Å². The van der Waals surface area contributed by atoms with E-state index in [1.807, 2.05) is 6.07 Å². The molecular weight excluding hydrogens is 248 g/mol. The zero-order valence-electron chi connectivity index (χ0n) is 11.5. The van der Waals surface area contributed by atoms with Crippen molar-refractivity contribution in [2.45, 2.75) is 52.6 Å². The Kier molecular flexibility index (Phi) is 7.06. The van der Waals surface area contributed by atoms with Crippen molar-refractivity contribution in [3.8, 4) is 5.88 Å². The van der Waals surface area contributed by atoms with Gasteiger partial charge in [-0.15, -0.1) is 0 Å². The zero-order valence-corrected chi connectivity index (χ0v) is 12.3. The number of hydrogen-bond acceptors (Lipinski definition) is 3. The molecule has 0 saturated carbocycles. The van der Waals surface area contributed by atoms with E-state index >= 15 is 0 Å². The van der Waals surface area contributed by atoms with Gasteiger partial charge in [0.1, 0.15) is 0 Å². The normalized spacial score (nSPS) is 10.9. The number of nitrogens with zero attached hydrogens (tertiary/aromatic N) is 1. The Morgan fingerprint density at radius 2 is 2.17 bits per heavy atom. The van der Waals surface area contributed by atoms with E-state index in [1.165, 1.54) is 12.8 Å². The third-order valence-electron chi connectivity index (χ3n) is 2.61. The number of halogens is 1. The van der Waals surface area contributed by atoms with Gasteiger partial charge in [0.15, 0.2) is 0 Å². The molecule has 0 bridgehead atoms. The number of ether oxygens (including phenoxy) is 1. The molecule has 1 heterocycles. The third kappa shape index (κ3) is 5.69. The average molecular weight is 271 g/mol. The van der Waals surface area contributed by atoms with E-state index in [2.05, 4.69) is 31.1 Å². The molecule has 0 aliphatic heterocycles. The first kappa shape index (κ1) is 15.3. The van der Waals surface area contributed by atoms with E-state index in [0.717, 1.165) is 25.1 Å². The fraction of sp³-hybridized carbons (Fsp3) is 0.643. The van der Waals surface area contributed by atoms with E-state index in [1.54, 1.807) is 6.20 Å². The smallest absolute Gasteiger partial charge is 0.213 e. The van der Waals surface area contributed by atoms with E-state index in [0.29, 0.717) is 16.9 Å². The molecule has 1 N–H and O–H groups in total. The lowest BCUT2D eigenvalue weighted by Crippen LogP contribution is -2.22. The summed E-state index contributed by atoms with van der Waals surface area (Å²) >= 11 is 6.11. The summed E-state index contributed by atoms with van der Waals surface area (Å²) in [5, 5.41) is 4.02. The van der Waals surface area contributed by atoms with Crippen LogP contribution in [0.5, 0.6) is 5.88 Å². The van der Waals surface area contributed by atoms with Gasteiger partial charge in [-0.25, -0.2) is 4.98 Å². The Morgan fingerprint density at radius 1 is 1.39 bits per heavy atom. The minimum atomic E-state index is 0.433. The van der Waals surface area contributed by atoms with Crippen LogP contribution < -0.4 is 10.1 Å². The highest BCUT2D eigenvalue weighted by atomic mass is 35.5. The van der Waals surface area contributed by atoms with Crippen LogP contribution in [0.1, 0.15) is 45.6 Å². The summed E-state index contributed by atoms with van der Waals surface area (Å²) in [6.07, 6.45) is 5.12. The van der Waals surface area contributed by atoms with Crippen molar-refractivity contribution in [3.05, 3.63) is 22.8 Å². The number of aromatic nitrogens is 1. The summed E-state index contributed by atoms with van der Waals surface area (Å²) in [6.45, 7) is 7.86. The maximum absolute atomic E-state index is 6.11. The molecule has 0 aliphatic rings. The molecule has 0 amide bonds. The van der Waals surface area contributed by atoms with Gasteiger partial charge in [-0.05, 0) is 12.0 Å². The quantitative estimate of drug-likeness (QED) is 0.730. The molecule has 0 unspecified atom stereocenters. The molecule has 18 heavy (non-hydrogen) atoms. The SMILES string of the molecule is CCCCCOc1cc(CNC(C)C)c(Cl)cn1. The van der Waals surface area contributed by atoms with Crippen molar-refractivity contribution in [1.29, 1.82) is 0 Å². The Hall–Kier alpha value is -0.800. The number of hydrogen-bond donors (Lipinski definition) is 1. The second-order valence-corrected chi connectivity index (χ2v) is 5.11. The first-order valence-electron chi connectivity index (χ1n) is 6.64. The molecule has 0 saturated heterocycles. The molecule has 0 atom stereocenters. The molecule has 1 rings (SSSR count). The lowest BCUT2D eigenvalue weighted by molar-refractivity contribution is 0.294. The van der Waals surface area contributed by atoms with Crippen LogP contribution >= 0.6 is 11.6 Å². The fourth-order valence-electron chi connectivity index (χ4n) is 1.52. The number of rotatable bonds is 8. The molecular formula is C14H23ClN2O. The minimum absolute atomic E-state index is 0.433. The molecule has 0 fully saturated rings. The highest BCUT2D eigenvalue weighted by molar-refractivity contribution is 6.31. The van der Waals surface area contributed by atoms with Gasteiger partial charge >= 0.3 is 0 Å². The minimum Gasteiger partial charge on any atom is -0.478 e. The number of pyridine rings is 1. The standard InChI is InChI=1S/C14H23ClN2O/c1-4-5-6-7-18-14-8-12(9-16-11(2)3)13(15)10-17-14/h8,10-11,16H,4-7,9H2,1-3H3. The van der Waals surface area contributed by atoms with Gasteiger partial charge in [0.25, 0.3) is 0 Å². The van der Waals surface area contributed by atoms with E-state index in [4.69, 9.17) is 16.3 Å². The topological polar surface area (TPSA) is 34.1 Å². The molecule has 0 radical (unpaired) electrons. The predicted octanol–water partition coefficient (Wildman–Crippen LogP) is 3.80. The van der Waals surface area contributed by atoms with Crippen molar-refractivity contribution in [3.63, 3.8) is 0 Å². The van der Waals surface area contributed by atoms with Crippen LogP contribution in [-0.2, 0) is 6.54 Å². The van der Waals surface area contributed by atoms with E-state index < -0.39 is 0 Å². The summed E-state index contributed by atoms with van der Waals surface area (Å²) in [5.74, 6) is 0.663. The lowest BCUT2D eigenvalue weighted by Gasteiger charge is -2.11. The maximum Gasteiger partial charge on any atom is 0.213 e. The molecule has 0 aliphatic carbocycles. The average Bonchev–Trinajstić information content (AvgIpc) is 2.34. The van der Waals surface area contributed by atoms with Crippen LogP contribution in [0.3, 0.4) is 0 Å². The van der Waals surface area contributed by atoms with Crippen molar-refractivity contribution in [2.75, 3.05) is 6.61 Å². The number of nitrogens with one attached hydrogen (secondary N) is 1. The summed E-state index contributed by atoms with van der Waals surface area (Å²) in [6, 6.07) is 2.35. The third-order valence-corrected chi connectivity index (χ3v) is 2.95. The molecule has 3 nitrogen and oxygen atoms in total. The van der Waals surface area contributed by atoms with Crippen LogP contribution in [0, 0.1) is 0 Å². The van der Waals surface area contributed by atoms with Crippen molar-refractivity contribution >= 4 is 11.6 Å². The van der Waals surface area contributed by atoms with Crippen LogP contribution in [0.25, 0.3) is 0 Å². The molecule has 4 heteroatoms. The maximum atomic E-state index is 6.11. The second-order valence-electron chi connectivity index (χ2n) is 4.71. The van der Waals surface area contributed by atoms with Gasteiger partial charge in [-0.3, -0.25) is 0 Å². The van der Waals surface area contributed by atoms with Crippen molar-refractivity contribution in [1.82, 2.24) is 10.3 Å². The first-order valence-corrected chi connectivity index (χ1v) is 7.02. The van der Waals surface area contributed by atoms with Gasteiger partial charge in [-0.1, -0.05) is 45.2 Å². The van der Waals surface area contributed by atoms with Gasteiger partial charge < -0.3 is 10.1 Å². The van der Waals surface area contributed by atoms with Gasteiger partial charge in [0.05, 0.1) is 11.6 Å². The zero-order chi connectivity index (χ0) is 13.4. The van der Waals surface area contributed by atoms with Crippen LogP contribution in [0.4, 0.5) is 0 Å². The van der Waals surface area contributed by atoms with Crippen molar-refractivity contribution < 1.29 is 4.74 Å². The largest absolute Gasteiger partial charge is 0.478 e. The van der Waals surface area contributed by atoms with Crippen LogP contribution in [0.2, 0.25) is 5.02 Å². The molecule has 1 aromatic rings. The molecule has 0 aromatic carbocycles. The highest BCUT2D eigenvalue weighted by Crippen LogP contribution is 2.19. The fourth-order valence-corrected chi connectivity index (χ4v) is 1.69. The Bertz CT molecular complexity index is 356. The van der Waals surface area contributed by atoms with Crippen molar-refractivity contribution in [2.24, 2.45) is 0 Å². The lowest BCUT2D eigenvalue weighted by atomic mass is 10.2. The highest BCUT2D eigenvalue weighted by Gasteiger charge is 2.05. The monoisotopic (exact) mass is 270 g/mol. The molecule has 102 valence electrons. The Balaban J connectivity index is 2.51. The number of unbranched alkanes of at least 4 members (excludes halogenated alkanes) is 2. The van der Waals surface area contributed by atoms with Gasteiger partial charge in [0.2, 0.25) is 5.88 Å². The van der Waals surface area contributed by atoms with E-state index in [9.17, 15) is 0 Å². The van der Waals surface area contributed by atoms with E-state index in [-0.39, 0.29) is 0 Å². The summed E-state index contributed by atoms with van der Waals surface area (Å²) in [4.78, 5) is 4.18. The molecule has 1 aromatic heterocycles. The first-order chi connectivity index (χ1) is 8.63. The summed E-state index contributed by atoms with van der Waals surface area (Å²) in [5.41, 5.74) is 1.03. The van der Waals surface area contributed by atoms with Gasteiger partial charge in [-0.2, -0.15) is 0 Å². The van der Waals surface area contributed by atoms with Crippen LogP contribution in [-0.4, -0.2) is 17.6 Å². The summed E-state index contributed by atoms with van der Waals surface area (Å²) in [7, 11) is 0. The second kappa shape index (κ2) is 8.33. The van der Waals surface area contributed by atoms with Gasteiger partial charge in [0, 0.05) is 24.8 Å². The van der Waals surface area contributed by atoms with Crippen LogP contribution in [0.15, 0.2) is 12.3 Å². The molecule has 0 spiro atoms. The summed E-state index contributed by atoms with van der Waals surface area (Å²) < 4.78 is 5.61.